The van der Waals surface area contributed by atoms with Crippen molar-refractivity contribution in [3.8, 4) is 34.7 Å². The molecule has 0 spiro atoms. The zero-order chi connectivity index (χ0) is 24.7. The Morgan fingerprint density at radius 2 is 2.14 bits per heavy atom. The normalized spacial score (nSPS) is 18.5. The van der Waals surface area contributed by atoms with E-state index in [1.807, 2.05) is 32.0 Å². The Kier molecular flexibility index (Phi) is 5.73. The number of nitrogens with zero attached hydrogens (tertiary/aromatic N) is 4. The monoisotopic (exact) mass is 472 g/mol. The summed E-state index contributed by atoms with van der Waals surface area (Å²) >= 11 is 0. The van der Waals surface area contributed by atoms with E-state index in [0.29, 0.717) is 41.4 Å². The Morgan fingerprint density at radius 3 is 2.89 bits per heavy atom. The third kappa shape index (κ3) is 4.12. The van der Waals surface area contributed by atoms with Gasteiger partial charge in [-0.05, 0) is 55.5 Å². The van der Waals surface area contributed by atoms with E-state index in [1.54, 1.807) is 23.1 Å². The van der Waals surface area contributed by atoms with Crippen LogP contribution in [0.2, 0.25) is 0 Å². The highest BCUT2D eigenvalue weighted by Crippen LogP contribution is 2.49. The number of amides is 1. The molecule has 1 amide bonds. The maximum absolute atomic E-state index is 12.5. The van der Waals surface area contributed by atoms with Crippen molar-refractivity contribution in [1.29, 1.82) is 5.26 Å². The first-order chi connectivity index (χ1) is 16.9. The highest BCUT2D eigenvalue weighted by atomic mass is 16.5. The van der Waals surface area contributed by atoms with Crippen LogP contribution in [0.3, 0.4) is 0 Å². The molecule has 1 saturated heterocycles. The standard InChI is InChI=1S/C26H24N4O5/c1-14(2)34-21-7-6-15(10-17(21)13-27)26-28-25(29-35-26)19-5-3-4-18-20(19)11-16-12-22(31)30(24(16)18)9-8-23(32)33/h3-7,10,14,16,24H,8-9,11-12H2,1-2H3,(H,32,33)/t16-,24+/m0/s1. The fourth-order valence-corrected chi connectivity index (χ4v) is 5.09. The summed E-state index contributed by atoms with van der Waals surface area (Å²) in [6.45, 7) is 3.99. The number of nitriles is 1. The summed E-state index contributed by atoms with van der Waals surface area (Å²) in [5, 5.41) is 22.8. The summed E-state index contributed by atoms with van der Waals surface area (Å²) in [6, 6.07) is 13.0. The molecule has 3 aromatic rings. The topological polar surface area (TPSA) is 130 Å². The minimum Gasteiger partial charge on any atom is -0.490 e. The molecular weight excluding hydrogens is 448 g/mol. The number of aromatic nitrogens is 2. The van der Waals surface area contributed by atoms with Gasteiger partial charge in [0.1, 0.15) is 11.8 Å². The van der Waals surface area contributed by atoms with E-state index in [-0.39, 0.29) is 36.9 Å². The van der Waals surface area contributed by atoms with Gasteiger partial charge in [0, 0.05) is 24.1 Å². The zero-order valence-corrected chi connectivity index (χ0v) is 19.4. The van der Waals surface area contributed by atoms with Gasteiger partial charge in [0.25, 0.3) is 5.89 Å². The number of ether oxygens (including phenoxy) is 1. The van der Waals surface area contributed by atoms with Crippen LogP contribution < -0.4 is 4.74 Å². The van der Waals surface area contributed by atoms with E-state index in [9.17, 15) is 14.9 Å². The SMILES string of the molecule is CC(C)Oc1ccc(-c2nc(-c3cccc4c3C[C@H]3CC(=O)N(CCC(=O)O)[C@@H]43)no2)cc1C#N. The summed E-state index contributed by atoms with van der Waals surface area (Å²) in [7, 11) is 0. The summed E-state index contributed by atoms with van der Waals surface area (Å²) in [5.74, 6) is 0.405. The molecule has 1 fully saturated rings. The molecule has 1 aliphatic carbocycles. The maximum atomic E-state index is 12.5. The van der Waals surface area contributed by atoms with E-state index in [2.05, 4.69) is 16.2 Å². The number of hydrogen-bond acceptors (Lipinski definition) is 7. The van der Waals surface area contributed by atoms with Crippen molar-refractivity contribution < 1.29 is 24.0 Å². The molecule has 2 aromatic carbocycles. The van der Waals surface area contributed by atoms with Crippen LogP contribution in [0.1, 0.15) is 49.4 Å². The van der Waals surface area contributed by atoms with Crippen LogP contribution in [0.25, 0.3) is 22.8 Å². The lowest BCUT2D eigenvalue weighted by Gasteiger charge is -2.24. The van der Waals surface area contributed by atoms with Crippen molar-refractivity contribution in [1.82, 2.24) is 15.0 Å². The molecule has 178 valence electrons. The minimum absolute atomic E-state index is 0.00246. The summed E-state index contributed by atoms with van der Waals surface area (Å²) in [5.41, 5.74) is 3.90. The molecule has 1 aromatic heterocycles. The van der Waals surface area contributed by atoms with E-state index >= 15 is 0 Å². The second-order valence-corrected chi connectivity index (χ2v) is 9.13. The van der Waals surface area contributed by atoms with Gasteiger partial charge < -0.3 is 19.3 Å². The second-order valence-electron chi connectivity index (χ2n) is 9.13. The van der Waals surface area contributed by atoms with Crippen LogP contribution in [0.4, 0.5) is 0 Å². The maximum Gasteiger partial charge on any atom is 0.305 e. The smallest absolute Gasteiger partial charge is 0.305 e. The van der Waals surface area contributed by atoms with E-state index in [0.717, 1.165) is 16.7 Å². The van der Waals surface area contributed by atoms with Gasteiger partial charge in [-0.3, -0.25) is 9.59 Å². The number of rotatable bonds is 7. The van der Waals surface area contributed by atoms with Crippen LogP contribution in [0, 0.1) is 17.2 Å². The van der Waals surface area contributed by atoms with E-state index in [4.69, 9.17) is 14.4 Å². The molecule has 0 bridgehead atoms. The van der Waals surface area contributed by atoms with Crippen LogP contribution >= 0.6 is 0 Å². The van der Waals surface area contributed by atoms with Crippen LogP contribution in [0.5, 0.6) is 5.75 Å². The van der Waals surface area contributed by atoms with Crippen molar-refractivity contribution in [3.05, 3.63) is 53.1 Å². The molecular formula is C26H24N4O5. The molecule has 1 N–H and O–H groups in total. The second kappa shape index (κ2) is 8.87. The predicted octanol–water partition coefficient (Wildman–Crippen LogP) is 3.98. The third-order valence-electron chi connectivity index (χ3n) is 6.48. The molecule has 0 radical (unpaired) electrons. The zero-order valence-electron chi connectivity index (χ0n) is 19.4. The molecule has 2 aliphatic rings. The summed E-state index contributed by atoms with van der Waals surface area (Å²) in [4.78, 5) is 29.9. The number of fused-ring (bicyclic) bond motifs is 3. The molecule has 2 atom stereocenters. The van der Waals surface area contributed by atoms with Crippen molar-refractivity contribution in [2.45, 2.75) is 45.3 Å². The van der Waals surface area contributed by atoms with Crippen LogP contribution in [-0.2, 0) is 16.0 Å². The van der Waals surface area contributed by atoms with Gasteiger partial charge in [-0.15, -0.1) is 0 Å². The Balaban J connectivity index is 1.45. The van der Waals surface area contributed by atoms with Gasteiger partial charge in [-0.2, -0.15) is 10.2 Å². The molecule has 2 heterocycles. The lowest BCUT2D eigenvalue weighted by atomic mass is 10.0. The average Bonchev–Trinajstić information content (AvgIpc) is 3.51. The first-order valence-corrected chi connectivity index (χ1v) is 11.5. The largest absolute Gasteiger partial charge is 0.490 e. The van der Waals surface area contributed by atoms with Crippen molar-refractivity contribution in [2.75, 3.05) is 6.54 Å². The van der Waals surface area contributed by atoms with Gasteiger partial charge in [-0.25, -0.2) is 0 Å². The first kappa shape index (κ1) is 22.6. The molecule has 9 nitrogen and oxygen atoms in total. The Morgan fingerprint density at radius 1 is 1.31 bits per heavy atom. The molecule has 0 saturated carbocycles. The number of carboxylic acid groups (broad SMARTS) is 1. The number of aliphatic carboxylic acids is 1. The number of carbonyl (C=O) groups is 2. The van der Waals surface area contributed by atoms with Crippen molar-refractivity contribution >= 4 is 11.9 Å². The quantitative estimate of drug-likeness (QED) is 0.546. The average molecular weight is 473 g/mol. The highest BCUT2D eigenvalue weighted by molar-refractivity contribution is 5.82. The van der Waals surface area contributed by atoms with E-state index < -0.39 is 5.97 Å². The van der Waals surface area contributed by atoms with Crippen LogP contribution in [0.15, 0.2) is 40.9 Å². The molecule has 1 aliphatic heterocycles. The summed E-state index contributed by atoms with van der Waals surface area (Å²) in [6.07, 6.45) is 0.953. The van der Waals surface area contributed by atoms with Gasteiger partial charge in [0.2, 0.25) is 11.7 Å². The van der Waals surface area contributed by atoms with Crippen molar-refractivity contribution in [3.63, 3.8) is 0 Å². The fourth-order valence-electron chi connectivity index (χ4n) is 5.09. The van der Waals surface area contributed by atoms with E-state index in [1.165, 1.54) is 0 Å². The van der Waals surface area contributed by atoms with Crippen molar-refractivity contribution in [2.24, 2.45) is 5.92 Å². The lowest BCUT2D eigenvalue weighted by Crippen LogP contribution is -2.30. The minimum atomic E-state index is -0.920. The molecule has 9 heteroatoms. The number of likely N-dealkylation sites (tertiary alicyclic amines) is 1. The predicted molar refractivity (Wildman–Crippen MR) is 124 cm³/mol. The molecule has 0 unspecified atom stereocenters. The first-order valence-electron chi connectivity index (χ1n) is 11.5. The highest BCUT2D eigenvalue weighted by Gasteiger charge is 2.46. The lowest BCUT2D eigenvalue weighted by molar-refractivity contribution is -0.138. The van der Waals surface area contributed by atoms with Gasteiger partial charge >= 0.3 is 5.97 Å². The fraction of sp³-hybridized carbons (Fsp3) is 0.346. The summed E-state index contributed by atoms with van der Waals surface area (Å²) < 4.78 is 11.2. The number of carboxylic acids is 1. The number of benzene rings is 2. The molecule has 5 rings (SSSR count). The number of hydrogen-bond donors (Lipinski definition) is 1. The third-order valence-corrected chi connectivity index (χ3v) is 6.48. The van der Waals surface area contributed by atoms with Crippen LogP contribution in [-0.4, -0.2) is 44.7 Å². The Hall–Kier alpha value is -4.19. The number of carbonyl (C=O) groups excluding carboxylic acids is 1. The van der Waals surface area contributed by atoms with Gasteiger partial charge in [-0.1, -0.05) is 23.4 Å². The Labute approximate surface area is 201 Å². The van der Waals surface area contributed by atoms with Gasteiger partial charge in [0.05, 0.1) is 24.1 Å². The molecule has 35 heavy (non-hydrogen) atoms. The Bertz CT molecular complexity index is 1360. The van der Waals surface area contributed by atoms with Gasteiger partial charge in [0.15, 0.2) is 0 Å².